The van der Waals surface area contributed by atoms with Crippen molar-refractivity contribution in [1.82, 2.24) is 0 Å². The van der Waals surface area contributed by atoms with Gasteiger partial charge in [0.1, 0.15) is 6.04 Å². The fourth-order valence-corrected chi connectivity index (χ4v) is 2.93. The Hall–Kier alpha value is -0.477. The van der Waals surface area contributed by atoms with Crippen molar-refractivity contribution in [2.24, 2.45) is 11.7 Å². The third-order valence-corrected chi connectivity index (χ3v) is 5.00. The van der Waals surface area contributed by atoms with Gasteiger partial charge in [-0.3, -0.25) is 9.59 Å². The fraction of sp³-hybridized carbons (Fsp3) is 0.913. The van der Waals surface area contributed by atoms with Gasteiger partial charge in [-0.25, -0.2) is 0 Å². The Bertz CT molecular complexity index is 365. The molecule has 0 heterocycles. The van der Waals surface area contributed by atoms with E-state index in [1.165, 1.54) is 83.5 Å². The summed E-state index contributed by atoms with van der Waals surface area (Å²) in [5.41, 5.74) is 5.16. The number of aliphatic carboxylic acids is 2. The molecule has 0 amide bonds. The maximum atomic E-state index is 10.3. The molecule has 29 heavy (non-hydrogen) atoms. The molecule has 4 N–H and O–H groups in total. The number of rotatable bonds is 18. The van der Waals surface area contributed by atoms with Gasteiger partial charge in [-0.1, -0.05) is 111 Å². The number of nitrogens with two attached hydrogens (primary N) is 1. The minimum atomic E-state index is -0.931. The molecule has 0 unspecified atom stereocenters. The normalized spacial score (nSPS) is 11.3. The van der Waals surface area contributed by atoms with Crippen LogP contribution in [0.2, 0.25) is 0 Å². The van der Waals surface area contributed by atoms with Gasteiger partial charge < -0.3 is 15.9 Å². The standard InChI is InChI=1S/C18H36O2.C5H11NO2.Zn/c1-2-3-4-5-6-7-8-9-10-11-12-13-14-15-16-17-18(19)20;1-3(2)4(6)5(7)8;/h2-17H2,1H3,(H,19,20);3-4H,6H2,1-2H3,(H,7,8);/t;4-;/m.0./s1. The van der Waals surface area contributed by atoms with Gasteiger partial charge in [0.05, 0.1) is 0 Å². The summed E-state index contributed by atoms with van der Waals surface area (Å²) in [6.07, 6.45) is 20.2. The molecule has 170 valence electrons. The van der Waals surface area contributed by atoms with Crippen LogP contribution in [-0.4, -0.2) is 28.2 Å². The Labute approximate surface area is 192 Å². The Morgan fingerprint density at radius 1 is 0.690 bits per heavy atom. The average molecular weight is 467 g/mol. The molecule has 0 saturated carbocycles. The van der Waals surface area contributed by atoms with Crippen LogP contribution in [0.15, 0.2) is 0 Å². The third-order valence-electron chi connectivity index (χ3n) is 5.00. The molecular weight excluding hydrogens is 420 g/mol. The summed E-state index contributed by atoms with van der Waals surface area (Å²) in [4.78, 5) is 20.3. The van der Waals surface area contributed by atoms with Crippen LogP contribution in [0.3, 0.4) is 0 Å². The van der Waals surface area contributed by atoms with Crippen molar-refractivity contribution >= 4 is 11.9 Å². The summed E-state index contributed by atoms with van der Waals surface area (Å²) in [6, 6.07) is -0.713. The maximum absolute atomic E-state index is 10.3. The second kappa shape index (κ2) is 25.6. The van der Waals surface area contributed by atoms with E-state index in [2.05, 4.69) is 6.92 Å². The van der Waals surface area contributed by atoms with E-state index in [1.54, 1.807) is 13.8 Å². The smallest absolute Gasteiger partial charge is 0.320 e. The molecule has 0 aliphatic heterocycles. The quantitative estimate of drug-likeness (QED) is 0.160. The molecule has 0 saturated heterocycles. The van der Waals surface area contributed by atoms with Crippen LogP contribution >= 0.6 is 0 Å². The fourth-order valence-electron chi connectivity index (χ4n) is 2.93. The van der Waals surface area contributed by atoms with Gasteiger partial charge in [-0.05, 0) is 12.3 Å². The van der Waals surface area contributed by atoms with Crippen molar-refractivity contribution in [3.63, 3.8) is 0 Å². The predicted molar refractivity (Wildman–Crippen MR) is 118 cm³/mol. The minimum Gasteiger partial charge on any atom is -0.481 e. The molecular formula is C23H47NO4Zn. The number of hydrogen-bond acceptors (Lipinski definition) is 3. The van der Waals surface area contributed by atoms with Crippen molar-refractivity contribution in [3.8, 4) is 0 Å². The van der Waals surface area contributed by atoms with Crippen molar-refractivity contribution in [3.05, 3.63) is 0 Å². The first-order valence-corrected chi connectivity index (χ1v) is 11.5. The zero-order valence-electron chi connectivity index (χ0n) is 19.5. The first-order chi connectivity index (χ1) is 13.3. The molecule has 0 fully saturated rings. The summed E-state index contributed by atoms with van der Waals surface area (Å²) < 4.78 is 0. The van der Waals surface area contributed by atoms with Gasteiger partial charge in [-0.15, -0.1) is 0 Å². The van der Waals surface area contributed by atoms with Crippen LogP contribution in [0.5, 0.6) is 0 Å². The first-order valence-electron chi connectivity index (χ1n) is 11.5. The number of carbonyl (C=O) groups is 2. The number of hydrogen-bond donors (Lipinski definition) is 3. The zero-order chi connectivity index (χ0) is 21.6. The van der Waals surface area contributed by atoms with Gasteiger partial charge in [-0.2, -0.15) is 0 Å². The van der Waals surface area contributed by atoms with E-state index in [0.29, 0.717) is 6.42 Å². The number of unbranched alkanes of at least 4 members (excludes halogenated alkanes) is 14. The molecule has 0 rings (SSSR count). The molecule has 0 aliphatic carbocycles. The van der Waals surface area contributed by atoms with Crippen molar-refractivity contribution in [1.29, 1.82) is 0 Å². The van der Waals surface area contributed by atoms with E-state index >= 15 is 0 Å². The molecule has 0 aromatic heterocycles. The van der Waals surface area contributed by atoms with E-state index in [4.69, 9.17) is 15.9 Å². The van der Waals surface area contributed by atoms with Gasteiger partial charge in [0, 0.05) is 25.9 Å². The Morgan fingerprint density at radius 2 is 1.00 bits per heavy atom. The average Bonchev–Trinajstić information content (AvgIpc) is 2.64. The topological polar surface area (TPSA) is 101 Å². The zero-order valence-corrected chi connectivity index (χ0v) is 22.4. The minimum absolute atomic E-state index is 0. The van der Waals surface area contributed by atoms with Gasteiger partial charge >= 0.3 is 11.9 Å². The van der Waals surface area contributed by atoms with E-state index in [9.17, 15) is 9.59 Å². The maximum Gasteiger partial charge on any atom is 0.320 e. The van der Waals surface area contributed by atoms with Crippen LogP contribution in [0, 0.1) is 5.92 Å². The largest absolute Gasteiger partial charge is 0.481 e. The Morgan fingerprint density at radius 3 is 1.21 bits per heavy atom. The summed E-state index contributed by atoms with van der Waals surface area (Å²) in [5, 5.41) is 16.7. The molecule has 6 heteroatoms. The Balaban J connectivity index is -0.000000636. The summed E-state index contributed by atoms with van der Waals surface area (Å²) in [5.74, 6) is -1.56. The van der Waals surface area contributed by atoms with E-state index < -0.39 is 18.0 Å². The summed E-state index contributed by atoms with van der Waals surface area (Å²) in [7, 11) is 0. The molecule has 0 aromatic carbocycles. The van der Waals surface area contributed by atoms with Crippen molar-refractivity contribution in [2.45, 2.75) is 130 Å². The van der Waals surface area contributed by atoms with E-state index in [-0.39, 0.29) is 25.4 Å². The number of carboxylic acid groups (broad SMARTS) is 2. The SMILES string of the molecule is CC(C)[C@H](N)C(=O)O.CCCCCCCCCCCCCCCCCC(=O)O.[Zn]. The second-order valence-electron chi connectivity index (χ2n) is 8.20. The second-order valence-corrected chi connectivity index (χ2v) is 8.20. The monoisotopic (exact) mass is 465 g/mol. The molecule has 0 radical (unpaired) electrons. The summed E-state index contributed by atoms with van der Waals surface area (Å²) >= 11 is 0. The molecule has 0 bridgehead atoms. The van der Waals surface area contributed by atoms with Crippen LogP contribution < -0.4 is 5.73 Å². The Kier molecular flexibility index (Phi) is 29.2. The van der Waals surface area contributed by atoms with Gasteiger partial charge in [0.15, 0.2) is 0 Å². The molecule has 0 spiro atoms. The molecule has 0 aliphatic rings. The van der Waals surface area contributed by atoms with Crippen molar-refractivity contribution in [2.75, 3.05) is 0 Å². The van der Waals surface area contributed by atoms with Crippen LogP contribution in [0.1, 0.15) is 124 Å². The predicted octanol–water partition coefficient (Wildman–Crippen LogP) is 6.38. The van der Waals surface area contributed by atoms with Crippen LogP contribution in [0.4, 0.5) is 0 Å². The van der Waals surface area contributed by atoms with Gasteiger partial charge in [0.2, 0.25) is 0 Å². The summed E-state index contributed by atoms with van der Waals surface area (Å²) in [6.45, 7) is 5.82. The van der Waals surface area contributed by atoms with Crippen LogP contribution in [-0.2, 0) is 29.1 Å². The van der Waals surface area contributed by atoms with Crippen LogP contribution in [0.25, 0.3) is 0 Å². The van der Waals surface area contributed by atoms with E-state index in [1.807, 2.05) is 0 Å². The van der Waals surface area contributed by atoms with E-state index in [0.717, 1.165) is 12.8 Å². The molecule has 1 atom stereocenters. The third kappa shape index (κ3) is 29.8. The first kappa shape index (κ1) is 33.2. The number of carboxylic acids is 2. The van der Waals surface area contributed by atoms with Gasteiger partial charge in [0.25, 0.3) is 0 Å². The molecule has 5 nitrogen and oxygen atoms in total. The van der Waals surface area contributed by atoms with Crippen molar-refractivity contribution < 1.29 is 39.3 Å². The molecule has 0 aromatic rings.